The first-order valence-electron chi connectivity index (χ1n) is 7.15. The molecule has 1 aromatic carbocycles. The van der Waals surface area contributed by atoms with Crippen molar-refractivity contribution in [2.75, 3.05) is 6.26 Å². The second-order valence-corrected chi connectivity index (χ2v) is 6.31. The average Bonchev–Trinajstić information content (AvgIpc) is 2.86. The monoisotopic (exact) mass is 314 g/mol. The Bertz CT molecular complexity index is 878. The van der Waals surface area contributed by atoms with Crippen molar-refractivity contribution in [3.63, 3.8) is 0 Å². The minimum atomic E-state index is -0.142. The van der Waals surface area contributed by atoms with Crippen LogP contribution >= 0.6 is 11.8 Å². The lowest BCUT2D eigenvalue weighted by Gasteiger charge is -2.07. The molecule has 22 heavy (non-hydrogen) atoms. The number of aryl methyl sites for hydroxylation is 1. The molecule has 0 fully saturated rings. The standard InChI is InChI=1S/C16H18N4OS/c1-9(2)11-5-7-12(8-6-11)20-14-13(16(19-20)22-4)15(21)18-10(3)17-14/h5-9H,1-4H3,(H,17,18,21). The van der Waals surface area contributed by atoms with Gasteiger partial charge in [0.25, 0.3) is 5.56 Å². The van der Waals surface area contributed by atoms with Crippen molar-refractivity contribution in [2.45, 2.75) is 31.7 Å². The molecule has 0 atom stereocenters. The molecule has 3 rings (SSSR count). The molecule has 0 radical (unpaired) electrons. The quantitative estimate of drug-likeness (QED) is 0.754. The SMILES string of the molecule is CSc1nn(-c2ccc(C(C)C)cc2)c2nc(C)[nH]c(=O)c12. The molecule has 114 valence electrons. The molecular formula is C16H18N4OS. The second kappa shape index (κ2) is 5.61. The molecule has 3 aromatic rings. The molecule has 2 aromatic heterocycles. The summed E-state index contributed by atoms with van der Waals surface area (Å²) in [4.78, 5) is 19.4. The van der Waals surface area contributed by atoms with Crippen LogP contribution < -0.4 is 5.56 Å². The largest absolute Gasteiger partial charge is 0.310 e. The highest BCUT2D eigenvalue weighted by Crippen LogP contribution is 2.25. The summed E-state index contributed by atoms with van der Waals surface area (Å²) in [6.45, 7) is 6.10. The zero-order chi connectivity index (χ0) is 15.9. The van der Waals surface area contributed by atoms with Gasteiger partial charge in [-0.3, -0.25) is 4.79 Å². The summed E-state index contributed by atoms with van der Waals surface area (Å²) < 4.78 is 1.74. The van der Waals surface area contributed by atoms with Gasteiger partial charge in [0.1, 0.15) is 16.2 Å². The first-order chi connectivity index (χ1) is 10.5. The van der Waals surface area contributed by atoms with E-state index in [1.807, 2.05) is 18.4 Å². The van der Waals surface area contributed by atoms with Crippen LogP contribution in [0.5, 0.6) is 0 Å². The third-order valence-electron chi connectivity index (χ3n) is 3.62. The Morgan fingerprint density at radius 2 is 1.91 bits per heavy atom. The van der Waals surface area contributed by atoms with Gasteiger partial charge in [0.05, 0.1) is 5.69 Å². The van der Waals surface area contributed by atoms with E-state index >= 15 is 0 Å². The predicted molar refractivity (Wildman–Crippen MR) is 90.1 cm³/mol. The van der Waals surface area contributed by atoms with Gasteiger partial charge in [-0.25, -0.2) is 9.67 Å². The molecule has 6 heteroatoms. The number of benzene rings is 1. The lowest BCUT2D eigenvalue weighted by Crippen LogP contribution is -2.10. The van der Waals surface area contributed by atoms with E-state index in [4.69, 9.17) is 0 Å². The maximum absolute atomic E-state index is 12.2. The van der Waals surface area contributed by atoms with Gasteiger partial charge in [-0.05, 0) is 36.8 Å². The molecule has 2 heterocycles. The van der Waals surface area contributed by atoms with Gasteiger partial charge in [-0.2, -0.15) is 5.10 Å². The number of nitrogens with zero attached hydrogens (tertiary/aromatic N) is 3. The number of aromatic nitrogens is 4. The van der Waals surface area contributed by atoms with Gasteiger partial charge in [-0.15, -0.1) is 11.8 Å². The molecular weight excluding hydrogens is 296 g/mol. The number of fused-ring (bicyclic) bond motifs is 1. The summed E-state index contributed by atoms with van der Waals surface area (Å²) in [5.74, 6) is 1.07. The number of aromatic amines is 1. The van der Waals surface area contributed by atoms with Crippen LogP contribution in [-0.2, 0) is 0 Å². The topological polar surface area (TPSA) is 63.6 Å². The Morgan fingerprint density at radius 3 is 2.50 bits per heavy atom. The average molecular weight is 314 g/mol. The summed E-state index contributed by atoms with van der Waals surface area (Å²) in [6.07, 6.45) is 1.91. The van der Waals surface area contributed by atoms with Crippen molar-refractivity contribution in [3.05, 3.63) is 46.0 Å². The molecule has 1 N–H and O–H groups in total. The third kappa shape index (κ3) is 2.43. The van der Waals surface area contributed by atoms with Crippen LogP contribution in [0.3, 0.4) is 0 Å². The smallest absolute Gasteiger partial charge is 0.263 e. The van der Waals surface area contributed by atoms with E-state index in [0.717, 1.165) is 5.69 Å². The first-order valence-corrected chi connectivity index (χ1v) is 8.37. The van der Waals surface area contributed by atoms with E-state index in [1.165, 1.54) is 17.3 Å². The van der Waals surface area contributed by atoms with Crippen molar-refractivity contribution in [2.24, 2.45) is 0 Å². The van der Waals surface area contributed by atoms with Crippen LogP contribution in [0.1, 0.15) is 31.2 Å². The zero-order valence-corrected chi connectivity index (χ0v) is 13.9. The fourth-order valence-electron chi connectivity index (χ4n) is 2.43. The van der Waals surface area contributed by atoms with Gasteiger partial charge < -0.3 is 4.98 Å². The number of hydrogen-bond donors (Lipinski definition) is 1. The van der Waals surface area contributed by atoms with Crippen molar-refractivity contribution >= 4 is 22.8 Å². The zero-order valence-electron chi connectivity index (χ0n) is 13.0. The van der Waals surface area contributed by atoms with Gasteiger partial charge in [0, 0.05) is 0 Å². The van der Waals surface area contributed by atoms with Crippen LogP contribution in [-0.4, -0.2) is 26.0 Å². The fourth-order valence-corrected chi connectivity index (χ4v) is 2.98. The van der Waals surface area contributed by atoms with E-state index in [1.54, 1.807) is 11.6 Å². The van der Waals surface area contributed by atoms with Crippen LogP contribution in [0, 0.1) is 6.92 Å². The summed E-state index contributed by atoms with van der Waals surface area (Å²) in [5, 5.41) is 5.79. The maximum Gasteiger partial charge on any atom is 0.263 e. The fraction of sp³-hybridized carbons (Fsp3) is 0.312. The number of thioether (sulfide) groups is 1. The van der Waals surface area contributed by atoms with Crippen LogP contribution in [0.2, 0.25) is 0 Å². The minimum absolute atomic E-state index is 0.142. The summed E-state index contributed by atoms with van der Waals surface area (Å²) in [5.41, 5.74) is 2.64. The number of hydrogen-bond acceptors (Lipinski definition) is 4. The van der Waals surface area contributed by atoms with Crippen LogP contribution in [0.25, 0.3) is 16.7 Å². The highest BCUT2D eigenvalue weighted by atomic mass is 32.2. The number of rotatable bonds is 3. The van der Waals surface area contributed by atoms with Crippen molar-refractivity contribution < 1.29 is 0 Å². The Morgan fingerprint density at radius 1 is 1.23 bits per heavy atom. The Kier molecular flexibility index (Phi) is 3.78. The van der Waals surface area contributed by atoms with Gasteiger partial charge in [0.2, 0.25) is 0 Å². The molecule has 0 aliphatic rings. The molecule has 0 bridgehead atoms. The van der Waals surface area contributed by atoms with Gasteiger partial charge in [-0.1, -0.05) is 26.0 Å². The third-order valence-corrected chi connectivity index (χ3v) is 4.29. The highest BCUT2D eigenvalue weighted by molar-refractivity contribution is 7.98. The van der Waals surface area contributed by atoms with Crippen LogP contribution in [0.15, 0.2) is 34.1 Å². The van der Waals surface area contributed by atoms with Crippen molar-refractivity contribution in [1.29, 1.82) is 0 Å². The predicted octanol–water partition coefficient (Wildman–Crippen LogP) is 3.26. The molecule has 0 amide bonds. The van der Waals surface area contributed by atoms with Crippen molar-refractivity contribution in [1.82, 2.24) is 19.7 Å². The van der Waals surface area contributed by atoms with Gasteiger partial charge in [0.15, 0.2) is 5.65 Å². The summed E-state index contributed by atoms with van der Waals surface area (Å²) >= 11 is 1.45. The number of nitrogens with one attached hydrogen (secondary N) is 1. The lowest BCUT2D eigenvalue weighted by atomic mass is 10.0. The number of H-pyrrole nitrogens is 1. The molecule has 0 aliphatic heterocycles. The molecule has 0 aliphatic carbocycles. The van der Waals surface area contributed by atoms with Gasteiger partial charge >= 0.3 is 0 Å². The minimum Gasteiger partial charge on any atom is -0.310 e. The summed E-state index contributed by atoms with van der Waals surface area (Å²) in [7, 11) is 0. The van der Waals surface area contributed by atoms with Crippen molar-refractivity contribution in [3.8, 4) is 5.69 Å². The molecule has 0 spiro atoms. The maximum atomic E-state index is 12.2. The Labute approximate surface area is 132 Å². The lowest BCUT2D eigenvalue weighted by molar-refractivity contribution is 0.839. The summed E-state index contributed by atoms with van der Waals surface area (Å²) in [6, 6.07) is 8.22. The van der Waals surface area contributed by atoms with E-state index in [-0.39, 0.29) is 5.56 Å². The van der Waals surface area contributed by atoms with E-state index in [9.17, 15) is 4.79 Å². The Balaban J connectivity index is 2.24. The normalized spacial score (nSPS) is 11.5. The van der Waals surface area contributed by atoms with Crippen LogP contribution in [0.4, 0.5) is 0 Å². The second-order valence-electron chi connectivity index (χ2n) is 5.52. The van der Waals surface area contributed by atoms with E-state index < -0.39 is 0 Å². The molecule has 0 saturated heterocycles. The van der Waals surface area contributed by atoms with E-state index in [2.05, 4.69) is 41.0 Å². The van der Waals surface area contributed by atoms with E-state index in [0.29, 0.717) is 27.8 Å². The molecule has 0 unspecified atom stereocenters. The Hall–Kier alpha value is -2.08. The first kappa shape index (κ1) is 14.8. The highest BCUT2D eigenvalue weighted by Gasteiger charge is 2.16. The molecule has 5 nitrogen and oxygen atoms in total. The molecule has 0 saturated carbocycles.